The number of esters is 2. The zero-order chi connectivity index (χ0) is 22.7. The molecule has 0 aliphatic rings. The summed E-state index contributed by atoms with van der Waals surface area (Å²) in [5.74, 6) is -0.938. The van der Waals surface area contributed by atoms with Gasteiger partial charge in [0.25, 0.3) is 0 Å². The molecule has 4 aromatic rings. The van der Waals surface area contributed by atoms with Crippen LogP contribution < -0.4 is 0 Å². The SMILES string of the molecule is COC(=O)c1ccc2[nH]cc(C)c2c1Cl.COC(=O)c1ccc2[nH]cc(C=O)c2c1Cl. The molecule has 0 unspecified atom stereocenters. The number of nitrogens with one attached hydrogen (secondary N) is 2. The van der Waals surface area contributed by atoms with Gasteiger partial charge < -0.3 is 19.4 Å². The fourth-order valence-corrected chi connectivity index (χ4v) is 3.92. The maximum atomic E-state index is 11.4. The third-order valence-electron chi connectivity index (χ3n) is 4.73. The highest BCUT2D eigenvalue weighted by molar-refractivity contribution is 6.39. The summed E-state index contributed by atoms with van der Waals surface area (Å²) in [6, 6.07) is 6.72. The predicted octanol–water partition coefficient (Wildman–Crippen LogP) is 5.34. The number of hydrogen-bond donors (Lipinski definition) is 2. The number of carbonyl (C=O) groups is 3. The first-order valence-corrected chi connectivity index (χ1v) is 9.77. The Morgan fingerprint density at radius 2 is 1.32 bits per heavy atom. The van der Waals surface area contributed by atoms with Crippen molar-refractivity contribution in [2.75, 3.05) is 14.2 Å². The summed E-state index contributed by atoms with van der Waals surface area (Å²) in [4.78, 5) is 39.6. The Bertz CT molecular complexity index is 1310. The van der Waals surface area contributed by atoms with Crippen molar-refractivity contribution in [3.63, 3.8) is 0 Å². The van der Waals surface area contributed by atoms with E-state index < -0.39 is 11.9 Å². The Balaban J connectivity index is 0.000000176. The molecular formula is C22H18Cl2N2O5. The van der Waals surface area contributed by atoms with E-state index in [0.717, 1.165) is 16.5 Å². The summed E-state index contributed by atoms with van der Waals surface area (Å²) >= 11 is 12.2. The van der Waals surface area contributed by atoms with E-state index in [1.54, 1.807) is 24.4 Å². The zero-order valence-electron chi connectivity index (χ0n) is 16.8. The van der Waals surface area contributed by atoms with Crippen LogP contribution in [0.3, 0.4) is 0 Å². The predicted molar refractivity (Wildman–Crippen MR) is 119 cm³/mol. The lowest BCUT2D eigenvalue weighted by Crippen LogP contribution is -2.02. The van der Waals surface area contributed by atoms with E-state index in [9.17, 15) is 14.4 Å². The topological polar surface area (TPSA) is 101 Å². The lowest BCUT2D eigenvalue weighted by atomic mass is 10.1. The second kappa shape index (κ2) is 9.24. The number of aromatic amines is 2. The monoisotopic (exact) mass is 460 g/mol. The lowest BCUT2D eigenvalue weighted by Gasteiger charge is -2.03. The number of rotatable bonds is 3. The molecule has 0 saturated carbocycles. The standard InChI is InChI=1S/C11H8ClNO3.C11H10ClNO2/c1-16-11(15)7-2-3-8-9(10(7)12)6(5-14)4-13-8;1-6-5-13-8-4-3-7(11(14)15-2)10(12)9(6)8/h2-5,13H,1H3;3-5,13H,1-2H3. The molecule has 2 aromatic heterocycles. The molecule has 0 amide bonds. The molecule has 9 heteroatoms. The molecule has 4 rings (SSSR count). The Morgan fingerprint density at radius 1 is 0.839 bits per heavy atom. The van der Waals surface area contributed by atoms with Gasteiger partial charge in [-0.05, 0) is 36.8 Å². The molecule has 0 aliphatic heterocycles. The van der Waals surface area contributed by atoms with Crippen LogP contribution in [-0.4, -0.2) is 42.4 Å². The van der Waals surface area contributed by atoms with E-state index in [-0.39, 0.29) is 10.6 Å². The first kappa shape index (κ1) is 22.4. The fraction of sp³-hybridized carbons (Fsp3) is 0.136. The van der Waals surface area contributed by atoms with Crippen LogP contribution in [0.5, 0.6) is 0 Å². The van der Waals surface area contributed by atoms with Gasteiger partial charge in [0.2, 0.25) is 0 Å². The van der Waals surface area contributed by atoms with Gasteiger partial charge in [0.05, 0.1) is 35.4 Å². The molecule has 2 heterocycles. The van der Waals surface area contributed by atoms with Crippen molar-refractivity contribution in [3.05, 3.63) is 69.0 Å². The van der Waals surface area contributed by atoms with Gasteiger partial charge in [-0.25, -0.2) is 9.59 Å². The van der Waals surface area contributed by atoms with Crippen molar-refractivity contribution in [1.82, 2.24) is 9.97 Å². The van der Waals surface area contributed by atoms with Gasteiger partial charge in [0, 0.05) is 39.8 Å². The first-order valence-electron chi connectivity index (χ1n) is 9.01. The number of aryl methyl sites for hydroxylation is 1. The van der Waals surface area contributed by atoms with Crippen LogP contribution in [0.15, 0.2) is 36.7 Å². The van der Waals surface area contributed by atoms with Gasteiger partial charge in [0.15, 0.2) is 6.29 Å². The maximum absolute atomic E-state index is 11.4. The van der Waals surface area contributed by atoms with Crippen LogP contribution in [0.25, 0.3) is 21.8 Å². The number of hydrogen-bond acceptors (Lipinski definition) is 5. The summed E-state index contributed by atoms with van der Waals surface area (Å²) in [7, 11) is 2.62. The van der Waals surface area contributed by atoms with E-state index >= 15 is 0 Å². The number of methoxy groups -OCH3 is 2. The molecule has 0 radical (unpaired) electrons. The van der Waals surface area contributed by atoms with Crippen molar-refractivity contribution < 1.29 is 23.9 Å². The number of halogens is 2. The van der Waals surface area contributed by atoms with Gasteiger partial charge in [-0.2, -0.15) is 0 Å². The van der Waals surface area contributed by atoms with E-state index in [1.165, 1.54) is 14.2 Å². The minimum absolute atomic E-state index is 0.229. The zero-order valence-corrected chi connectivity index (χ0v) is 18.4. The van der Waals surface area contributed by atoms with Crippen LogP contribution >= 0.6 is 23.2 Å². The summed E-state index contributed by atoms with van der Waals surface area (Å²) in [5.41, 5.74) is 3.71. The quantitative estimate of drug-likeness (QED) is 0.317. The number of aldehydes is 1. The minimum atomic E-state index is -0.523. The Labute approximate surface area is 187 Å². The fourth-order valence-electron chi connectivity index (χ4n) is 3.17. The maximum Gasteiger partial charge on any atom is 0.339 e. The average Bonchev–Trinajstić information content (AvgIpc) is 3.38. The Hall–Kier alpha value is -3.29. The molecule has 0 fully saturated rings. The number of benzene rings is 2. The van der Waals surface area contributed by atoms with Gasteiger partial charge in [-0.1, -0.05) is 23.2 Å². The number of fused-ring (bicyclic) bond motifs is 2. The Kier molecular flexibility index (Phi) is 6.68. The summed E-state index contributed by atoms with van der Waals surface area (Å²) < 4.78 is 9.24. The molecule has 0 atom stereocenters. The molecule has 31 heavy (non-hydrogen) atoms. The largest absolute Gasteiger partial charge is 0.465 e. The summed E-state index contributed by atoms with van der Waals surface area (Å²) in [6.07, 6.45) is 4.09. The van der Waals surface area contributed by atoms with Crippen LogP contribution in [0, 0.1) is 6.92 Å². The second-order valence-electron chi connectivity index (χ2n) is 6.52. The third-order valence-corrected chi connectivity index (χ3v) is 5.52. The van der Waals surface area contributed by atoms with Gasteiger partial charge in [-0.3, -0.25) is 4.79 Å². The lowest BCUT2D eigenvalue weighted by molar-refractivity contribution is 0.0592. The van der Waals surface area contributed by atoms with Crippen molar-refractivity contribution in [3.8, 4) is 0 Å². The van der Waals surface area contributed by atoms with E-state index in [2.05, 4.69) is 19.4 Å². The molecule has 0 aliphatic carbocycles. The number of aromatic nitrogens is 2. The molecule has 0 spiro atoms. The van der Waals surface area contributed by atoms with Crippen molar-refractivity contribution in [2.45, 2.75) is 6.92 Å². The summed E-state index contributed by atoms with van der Waals surface area (Å²) in [6.45, 7) is 1.94. The van der Waals surface area contributed by atoms with Crippen molar-refractivity contribution in [2.24, 2.45) is 0 Å². The highest BCUT2D eigenvalue weighted by Gasteiger charge is 2.16. The van der Waals surface area contributed by atoms with Crippen LogP contribution in [-0.2, 0) is 9.47 Å². The van der Waals surface area contributed by atoms with Crippen molar-refractivity contribution in [1.29, 1.82) is 0 Å². The smallest absolute Gasteiger partial charge is 0.339 e. The number of H-pyrrole nitrogens is 2. The molecule has 160 valence electrons. The van der Waals surface area contributed by atoms with E-state index in [0.29, 0.717) is 33.3 Å². The molecule has 7 nitrogen and oxygen atoms in total. The first-order chi connectivity index (χ1) is 14.8. The molecule has 2 N–H and O–H groups in total. The average molecular weight is 461 g/mol. The van der Waals surface area contributed by atoms with Gasteiger partial charge >= 0.3 is 11.9 Å². The Morgan fingerprint density at radius 3 is 1.84 bits per heavy atom. The van der Waals surface area contributed by atoms with E-state index in [4.69, 9.17) is 23.2 Å². The van der Waals surface area contributed by atoms with Crippen LogP contribution in [0.2, 0.25) is 10.0 Å². The number of ether oxygens (including phenoxy) is 2. The third kappa shape index (κ3) is 4.15. The number of carbonyl (C=O) groups excluding carboxylic acids is 3. The highest BCUT2D eigenvalue weighted by atomic mass is 35.5. The van der Waals surface area contributed by atoms with Gasteiger partial charge in [0.1, 0.15) is 0 Å². The second-order valence-corrected chi connectivity index (χ2v) is 7.27. The van der Waals surface area contributed by atoms with Crippen molar-refractivity contribution >= 4 is 63.2 Å². The summed E-state index contributed by atoms with van der Waals surface area (Å²) in [5, 5.41) is 2.09. The molecule has 0 saturated heterocycles. The normalized spacial score (nSPS) is 10.5. The molecular weight excluding hydrogens is 443 g/mol. The van der Waals surface area contributed by atoms with Gasteiger partial charge in [-0.15, -0.1) is 0 Å². The molecule has 0 bridgehead atoms. The van der Waals surface area contributed by atoms with Crippen LogP contribution in [0.4, 0.5) is 0 Å². The van der Waals surface area contributed by atoms with E-state index in [1.807, 2.05) is 19.2 Å². The minimum Gasteiger partial charge on any atom is -0.465 e. The van der Waals surface area contributed by atoms with Crippen LogP contribution in [0.1, 0.15) is 36.6 Å². The highest BCUT2D eigenvalue weighted by Crippen LogP contribution is 2.30. The molecule has 2 aromatic carbocycles.